The molecule has 22 heavy (non-hydrogen) atoms. The molecule has 0 bridgehead atoms. The van der Waals surface area contributed by atoms with E-state index in [2.05, 4.69) is 22.4 Å². The summed E-state index contributed by atoms with van der Waals surface area (Å²) in [5.41, 5.74) is 4.66. The summed E-state index contributed by atoms with van der Waals surface area (Å²) in [4.78, 5) is 16.9. The highest BCUT2D eigenvalue weighted by Gasteiger charge is 2.33. The normalized spacial score (nSPS) is 15.6. The van der Waals surface area contributed by atoms with Gasteiger partial charge < -0.3 is 5.32 Å². The van der Waals surface area contributed by atoms with E-state index in [1.807, 2.05) is 41.9 Å². The number of aromatic nitrogens is 1. The van der Waals surface area contributed by atoms with Gasteiger partial charge in [0.2, 0.25) is 0 Å². The minimum Gasteiger partial charge on any atom is -0.345 e. The summed E-state index contributed by atoms with van der Waals surface area (Å²) in [5, 5.41) is 3.21. The monoisotopic (exact) mass is 308 g/mol. The van der Waals surface area contributed by atoms with Gasteiger partial charge in [0.1, 0.15) is 0 Å². The van der Waals surface area contributed by atoms with E-state index in [1.54, 1.807) is 11.3 Å². The van der Waals surface area contributed by atoms with Gasteiger partial charge >= 0.3 is 0 Å². The van der Waals surface area contributed by atoms with Crippen molar-refractivity contribution in [2.45, 2.75) is 18.9 Å². The Morgan fingerprint density at radius 1 is 1.18 bits per heavy atom. The largest absolute Gasteiger partial charge is 0.345 e. The van der Waals surface area contributed by atoms with Gasteiger partial charge in [0.25, 0.3) is 5.91 Å². The molecule has 1 aliphatic carbocycles. The van der Waals surface area contributed by atoms with E-state index >= 15 is 0 Å². The molecule has 0 unspecified atom stereocenters. The molecule has 1 fully saturated rings. The van der Waals surface area contributed by atoms with Crippen LogP contribution in [0.5, 0.6) is 0 Å². The quantitative estimate of drug-likeness (QED) is 0.785. The third-order valence-corrected chi connectivity index (χ3v) is 4.92. The number of nitrogens with zero attached hydrogens (tertiary/aromatic N) is 1. The van der Waals surface area contributed by atoms with Crippen molar-refractivity contribution >= 4 is 27.5 Å². The molecular formula is C18H16N2OS. The molecule has 1 amide bonds. The topological polar surface area (TPSA) is 42.0 Å². The van der Waals surface area contributed by atoms with Gasteiger partial charge in [0.05, 0.1) is 21.8 Å². The van der Waals surface area contributed by atoms with Crippen molar-refractivity contribution in [2.75, 3.05) is 0 Å². The van der Waals surface area contributed by atoms with Gasteiger partial charge in [0, 0.05) is 5.56 Å². The second-order valence-electron chi connectivity index (χ2n) is 5.73. The van der Waals surface area contributed by atoms with E-state index in [-0.39, 0.29) is 11.9 Å². The van der Waals surface area contributed by atoms with Crippen LogP contribution >= 0.6 is 11.3 Å². The Morgan fingerprint density at radius 3 is 2.77 bits per heavy atom. The predicted molar refractivity (Wildman–Crippen MR) is 89.0 cm³/mol. The summed E-state index contributed by atoms with van der Waals surface area (Å²) >= 11 is 1.56. The third-order valence-electron chi connectivity index (χ3n) is 4.13. The van der Waals surface area contributed by atoms with E-state index in [4.69, 9.17) is 0 Å². The van der Waals surface area contributed by atoms with E-state index in [1.165, 1.54) is 18.4 Å². The van der Waals surface area contributed by atoms with Gasteiger partial charge in [-0.25, -0.2) is 4.98 Å². The van der Waals surface area contributed by atoms with Crippen LogP contribution in [-0.4, -0.2) is 10.9 Å². The molecule has 4 heteroatoms. The Morgan fingerprint density at radius 2 is 2.00 bits per heavy atom. The standard InChI is InChI=1S/C18H16N2OS/c21-18(14-8-9-15-16(10-14)22-11-19-15)20-17(13-6-7-13)12-4-2-1-3-5-12/h1-5,8-11,13,17H,6-7H2,(H,20,21)/t17-/m0/s1. The number of thiazole rings is 1. The number of hydrogen-bond acceptors (Lipinski definition) is 3. The smallest absolute Gasteiger partial charge is 0.251 e. The van der Waals surface area contributed by atoms with Gasteiger partial charge in [-0.1, -0.05) is 30.3 Å². The third kappa shape index (κ3) is 2.62. The van der Waals surface area contributed by atoms with Crippen LogP contribution in [0, 0.1) is 5.92 Å². The highest BCUT2D eigenvalue weighted by molar-refractivity contribution is 7.16. The van der Waals surface area contributed by atoms with E-state index in [9.17, 15) is 4.79 Å². The number of rotatable bonds is 4. The summed E-state index contributed by atoms with van der Waals surface area (Å²) in [7, 11) is 0. The van der Waals surface area contributed by atoms with Crippen molar-refractivity contribution in [3.05, 3.63) is 65.2 Å². The number of nitrogens with one attached hydrogen (secondary N) is 1. The average molecular weight is 308 g/mol. The van der Waals surface area contributed by atoms with Gasteiger partial charge in [0.15, 0.2) is 0 Å². The van der Waals surface area contributed by atoms with Crippen LogP contribution in [0.1, 0.15) is 34.8 Å². The molecule has 4 rings (SSSR count). The van der Waals surface area contributed by atoms with Crippen LogP contribution in [0.4, 0.5) is 0 Å². The number of carbonyl (C=O) groups excluding carboxylic acids is 1. The molecule has 110 valence electrons. The summed E-state index contributed by atoms with van der Waals surface area (Å²) in [6.45, 7) is 0. The van der Waals surface area contributed by atoms with Crippen LogP contribution in [-0.2, 0) is 0 Å². The zero-order chi connectivity index (χ0) is 14.9. The zero-order valence-corrected chi connectivity index (χ0v) is 12.8. The lowest BCUT2D eigenvalue weighted by atomic mass is 10.0. The molecule has 1 atom stereocenters. The Kier molecular flexibility index (Phi) is 3.39. The van der Waals surface area contributed by atoms with Crippen molar-refractivity contribution in [2.24, 2.45) is 5.92 Å². The van der Waals surface area contributed by atoms with Crippen molar-refractivity contribution in [3.8, 4) is 0 Å². The molecule has 1 aromatic heterocycles. The SMILES string of the molecule is O=C(N[C@@H](c1ccccc1)C1CC1)c1ccc2ncsc2c1. The molecular weight excluding hydrogens is 292 g/mol. The van der Waals surface area contributed by atoms with Crippen LogP contribution < -0.4 is 5.32 Å². The fourth-order valence-electron chi connectivity index (χ4n) is 2.78. The van der Waals surface area contributed by atoms with Gasteiger partial charge in [-0.2, -0.15) is 0 Å². The molecule has 1 saturated carbocycles. The fourth-order valence-corrected chi connectivity index (χ4v) is 3.50. The first-order valence-corrected chi connectivity index (χ1v) is 8.38. The molecule has 3 aromatic rings. The number of hydrogen-bond donors (Lipinski definition) is 1. The van der Waals surface area contributed by atoms with E-state index in [0.717, 1.165) is 10.2 Å². The average Bonchev–Trinajstić information content (AvgIpc) is 3.29. The highest BCUT2D eigenvalue weighted by Crippen LogP contribution is 2.41. The molecule has 3 nitrogen and oxygen atoms in total. The minimum atomic E-state index is -0.00365. The number of fused-ring (bicyclic) bond motifs is 1. The molecule has 2 aromatic carbocycles. The van der Waals surface area contributed by atoms with Crippen LogP contribution in [0.15, 0.2) is 54.0 Å². The lowest BCUT2D eigenvalue weighted by Gasteiger charge is -2.19. The summed E-state index contributed by atoms with van der Waals surface area (Å²) in [6.07, 6.45) is 2.38. The number of benzene rings is 2. The van der Waals surface area contributed by atoms with Crippen LogP contribution in [0.2, 0.25) is 0 Å². The lowest BCUT2D eigenvalue weighted by Crippen LogP contribution is -2.29. The molecule has 0 radical (unpaired) electrons. The second kappa shape index (κ2) is 5.54. The Balaban J connectivity index is 1.59. The molecule has 1 heterocycles. The first-order valence-electron chi connectivity index (χ1n) is 7.50. The van der Waals surface area contributed by atoms with Gasteiger partial charge in [-0.3, -0.25) is 4.79 Å². The van der Waals surface area contributed by atoms with Gasteiger partial charge in [-0.15, -0.1) is 11.3 Å². The minimum absolute atomic E-state index is 0.00365. The molecule has 1 N–H and O–H groups in total. The van der Waals surface area contributed by atoms with Crippen molar-refractivity contribution in [1.82, 2.24) is 10.3 Å². The highest BCUT2D eigenvalue weighted by atomic mass is 32.1. The summed E-state index contributed by atoms with van der Waals surface area (Å²) in [6, 6.07) is 16.1. The van der Waals surface area contributed by atoms with Crippen LogP contribution in [0.25, 0.3) is 10.2 Å². The molecule has 0 aliphatic heterocycles. The predicted octanol–water partition coefficient (Wildman–Crippen LogP) is 4.18. The lowest BCUT2D eigenvalue weighted by molar-refractivity contribution is 0.0932. The first-order chi connectivity index (χ1) is 10.8. The van der Waals surface area contributed by atoms with Crippen molar-refractivity contribution in [3.63, 3.8) is 0 Å². The van der Waals surface area contributed by atoms with Crippen molar-refractivity contribution in [1.29, 1.82) is 0 Å². The van der Waals surface area contributed by atoms with E-state index < -0.39 is 0 Å². The van der Waals surface area contributed by atoms with E-state index in [0.29, 0.717) is 11.5 Å². The van der Waals surface area contributed by atoms with Gasteiger partial charge in [-0.05, 0) is 42.5 Å². The second-order valence-corrected chi connectivity index (χ2v) is 6.62. The van der Waals surface area contributed by atoms with Crippen molar-refractivity contribution < 1.29 is 4.79 Å². The zero-order valence-electron chi connectivity index (χ0n) is 12.0. The molecule has 1 aliphatic rings. The maximum atomic E-state index is 12.6. The Labute approximate surface area is 133 Å². The first kappa shape index (κ1) is 13.5. The maximum absolute atomic E-state index is 12.6. The Hall–Kier alpha value is -2.20. The summed E-state index contributed by atoms with van der Waals surface area (Å²) < 4.78 is 1.05. The molecule has 0 spiro atoms. The summed E-state index contributed by atoms with van der Waals surface area (Å²) in [5.74, 6) is 0.564. The fraction of sp³-hybridized carbons (Fsp3) is 0.222. The van der Waals surface area contributed by atoms with Crippen LogP contribution in [0.3, 0.4) is 0 Å². The maximum Gasteiger partial charge on any atom is 0.251 e. The number of carbonyl (C=O) groups is 1. The number of amides is 1. The molecule has 0 saturated heterocycles. The Bertz CT molecular complexity index is 808.